The lowest BCUT2D eigenvalue weighted by Gasteiger charge is -2.30. The van der Waals surface area contributed by atoms with Crippen LogP contribution >= 0.6 is 0 Å². The fourth-order valence-corrected chi connectivity index (χ4v) is 2.47. The highest BCUT2D eigenvalue weighted by Crippen LogP contribution is 2.17. The minimum Gasteiger partial charge on any atom is -0.399 e. The summed E-state index contributed by atoms with van der Waals surface area (Å²) in [5.74, 6) is 0.0335. The van der Waals surface area contributed by atoms with Crippen molar-refractivity contribution in [2.45, 2.75) is 39.7 Å². The van der Waals surface area contributed by atoms with Gasteiger partial charge in [-0.1, -0.05) is 13.8 Å². The van der Waals surface area contributed by atoms with Crippen LogP contribution in [-0.4, -0.2) is 37.1 Å². The van der Waals surface area contributed by atoms with E-state index in [0.717, 1.165) is 18.4 Å². The van der Waals surface area contributed by atoms with Crippen molar-refractivity contribution in [3.8, 4) is 0 Å². The first kappa shape index (κ1) is 16.5. The third-order valence-electron chi connectivity index (χ3n) is 3.53. The minimum absolute atomic E-state index is 0.0335. The molecule has 0 unspecified atom stereocenters. The molecule has 1 aromatic carbocycles. The van der Waals surface area contributed by atoms with Gasteiger partial charge in [-0.25, -0.2) is 0 Å². The fourth-order valence-electron chi connectivity index (χ4n) is 2.47. The van der Waals surface area contributed by atoms with Gasteiger partial charge in [0.25, 0.3) is 5.91 Å². The van der Waals surface area contributed by atoms with Crippen LogP contribution in [0.2, 0.25) is 0 Å². The van der Waals surface area contributed by atoms with Crippen molar-refractivity contribution in [3.05, 3.63) is 29.3 Å². The highest BCUT2D eigenvalue weighted by molar-refractivity contribution is 5.95. The normalized spacial score (nSPS) is 10.8. The van der Waals surface area contributed by atoms with Crippen LogP contribution < -0.4 is 5.73 Å². The summed E-state index contributed by atoms with van der Waals surface area (Å²) in [5.41, 5.74) is 8.13. The molecule has 0 aliphatic rings. The van der Waals surface area contributed by atoms with E-state index in [0.29, 0.717) is 24.4 Å². The summed E-state index contributed by atoms with van der Waals surface area (Å²) in [6.45, 7) is 7.31. The molecule has 0 atom stereocenters. The number of carbonyl (C=O) groups is 1. The molecule has 112 valence electrons. The van der Waals surface area contributed by atoms with Gasteiger partial charge in [0, 0.05) is 30.9 Å². The van der Waals surface area contributed by atoms with Gasteiger partial charge in [0.05, 0.1) is 6.61 Å². The smallest absolute Gasteiger partial charge is 0.254 e. The summed E-state index contributed by atoms with van der Waals surface area (Å²) >= 11 is 0. The molecule has 0 heterocycles. The molecular formula is C16H26N2O2. The number of carbonyl (C=O) groups excluding carboxylic acids is 1. The topological polar surface area (TPSA) is 55.6 Å². The predicted molar refractivity (Wildman–Crippen MR) is 82.9 cm³/mol. The van der Waals surface area contributed by atoms with E-state index in [9.17, 15) is 4.79 Å². The molecule has 4 nitrogen and oxygen atoms in total. The fraction of sp³-hybridized carbons (Fsp3) is 0.562. The number of nitrogens with two attached hydrogens (primary N) is 1. The summed E-state index contributed by atoms with van der Waals surface area (Å²) in [7, 11) is 1.65. The van der Waals surface area contributed by atoms with Crippen LogP contribution in [0.15, 0.2) is 18.2 Å². The van der Waals surface area contributed by atoms with Gasteiger partial charge in [0.1, 0.15) is 0 Å². The Morgan fingerprint density at radius 1 is 1.30 bits per heavy atom. The van der Waals surface area contributed by atoms with Crippen molar-refractivity contribution in [3.63, 3.8) is 0 Å². The minimum atomic E-state index is 0.0335. The molecule has 1 amide bonds. The lowest BCUT2D eigenvalue weighted by atomic mass is 10.1. The average Bonchev–Trinajstić information content (AvgIpc) is 2.41. The molecule has 0 spiro atoms. The number of hydrogen-bond donors (Lipinski definition) is 1. The van der Waals surface area contributed by atoms with Crippen LogP contribution in [-0.2, 0) is 4.74 Å². The van der Waals surface area contributed by atoms with Gasteiger partial charge >= 0.3 is 0 Å². The maximum atomic E-state index is 12.7. The first-order valence-corrected chi connectivity index (χ1v) is 7.20. The molecule has 0 aliphatic carbocycles. The number of nitrogen functional groups attached to an aromatic ring is 1. The van der Waals surface area contributed by atoms with Crippen molar-refractivity contribution in [1.82, 2.24) is 4.90 Å². The van der Waals surface area contributed by atoms with E-state index in [1.807, 2.05) is 24.0 Å². The van der Waals surface area contributed by atoms with Crippen LogP contribution in [0.4, 0.5) is 5.69 Å². The second-order valence-corrected chi connectivity index (χ2v) is 5.09. The summed E-state index contributed by atoms with van der Waals surface area (Å²) in [6.07, 6.45) is 1.88. The highest BCUT2D eigenvalue weighted by Gasteiger charge is 2.22. The van der Waals surface area contributed by atoms with E-state index in [4.69, 9.17) is 10.5 Å². The quantitative estimate of drug-likeness (QED) is 0.780. The second kappa shape index (κ2) is 7.90. The van der Waals surface area contributed by atoms with Gasteiger partial charge in [-0.3, -0.25) is 4.79 Å². The monoisotopic (exact) mass is 278 g/mol. The Morgan fingerprint density at radius 3 is 2.45 bits per heavy atom. The third-order valence-corrected chi connectivity index (χ3v) is 3.53. The molecule has 1 rings (SSSR count). The van der Waals surface area contributed by atoms with Crippen LogP contribution in [0.25, 0.3) is 0 Å². The Labute approximate surface area is 121 Å². The SMILES string of the molecule is CCC(CC)N(CCOC)C(=O)c1cc(C)cc(N)c1. The van der Waals surface area contributed by atoms with E-state index in [2.05, 4.69) is 13.8 Å². The number of benzene rings is 1. The molecule has 0 saturated carbocycles. The Bertz CT molecular complexity index is 422. The van der Waals surface area contributed by atoms with Crippen molar-refractivity contribution >= 4 is 11.6 Å². The number of ether oxygens (including phenoxy) is 1. The number of hydrogen-bond acceptors (Lipinski definition) is 3. The Kier molecular flexibility index (Phi) is 6.52. The molecular weight excluding hydrogens is 252 g/mol. The molecule has 4 heteroatoms. The summed E-state index contributed by atoms with van der Waals surface area (Å²) in [6, 6.07) is 5.74. The van der Waals surface area contributed by atoms with Gasteiger partial charge in [0.2, 0.25) is 0 Å². The Morgan fingerprint density at radius 2 is 1.95 bits per heavy atom. The zero-order chi connectivity index (χ0) is 15.1. The Balaban J connectivity index is 3.02. The standard InChI is InChI=1S/C16H26N2O2/c1-5-15(6-2)18(7-8-20-4)16(19)13-9-12(3)10-14(17)11-13/h9-11,15H,5-8,17H2,1-4H3. The lowest BCUT2D eigenvalue weighted by Crippen LogP contribution is -2.41. The number of nitrogens with zero attached hydrogens (tertiary/aromatic N) is 1. The number of methoxy groups -OCH3 is 1. The average molecular weight is 278 g/mol. The second-order valence-electron chi connectivity index (χ2n) is 5.09. The molecule has 20 heavy (non-hydrogen) atoms. The molecule has 1 aromatic rings. The van der Waals surface area contributed by atoms with E-state index < -0.39 is 0 Å². The Hall–Kier alpha value is -1.55. The lowest BCUT2D eigenvalue weighted by molar-refractivity contribution is 0.0589. The van der Waals surface area contributed by atoms with Gasteiger partial charge in [-0.05, 0) is 43.5 Å². The van der Waals surface area contributed by atoms with E-state index >= 15 is 0 Å². The van der Waals surface area contributed by atoms with E-state index in [-0.39, 0.29) is 11.9 Å². The van der Waals surface area contributed by atoms with Gasteiger partial charge in [0.15, 0.2) is 0 Å². The largest absolute Gasteiger partial charge is 0.399 e. The summed E-state index contributed by atoms with van der Waals surface area (Å²) < 4.78 is 5.13. The van der Waals surface area contributed by atoms with Crippen molar-refractivity contribution < 1.29 is 9.53 Å². The zero-order valence-electron chi connectivity index (χ0n) is 13.0. The number of rotatable bonds is 7. The summed E-state index contributed by atoms with van der Waals surface area (Å²) in [5, 5.41) is 0. The molecule has 0 saturated heterocycles. The van der Waals surface area contributed by atoms with Gasteiger partial charge in [-0.15, -0.1) is 0 Å². The first-order valence-electron chi connectivity index (χ1n) is 7.20. The molecule has 0 aromatic heterocycles. The van der Waals surface area contributed by atoms with Crippen molar-refractivity contribution in [2.75, 3.05) is 26.0 Å². The first-order chi connectivity index (χ1) is 9.53. The molecule has 0 fully saturated rings. The van der Waals surface area contributed by atoms with Crippen LogP contribution in [0, 0.1) is 6.92 Å². The highest BCUT2D eigenvalue weighted by atomic mass is 16.5. The van der Waals surface area contributed by atoms with Crippen molar-refractivity contribution in [1.29, 1.82) is 0 Å². The molecule has 0 aliphatic heterocycles. The maximum absolute atomic E-state index is 12.7. The van der Waals surface area contributed by atoms with E-state index in [1.165, 1.54) is 0 Å². The van der Waals surface area contributed by atoms with E-state index in [1.54, 1.807) is 13.2 Å². The maximum Gasteiger partial charge on any atom is 0.254 e. The molecule has 2 N–H and O–H groups in total. The summed E-state index contributed by atoms with van der Waals surface area (Å²) in [4.78, 5) is 14.6. The van der Waals surface area contributed by atoms with Gasteiger partial charge in [-0.2, -0.15) is 0 Å². The predicted octanol–water partition coefficient (Wildman–Crippen LogP) is 2.85. The van der Waals surface area contributed by atoms with Crippen LogP contribution in [0.3, 0.4) is 0 Å². The molecule has 0 radical (unpaired) electrons. The van der Waals surface area contributed by atoms with Crippen LogP contribution in [0.5, 0.6) is 0 Å². The number of aryl methyl sites for hydroxylation is 1. The molecule has 0 bridgehead atoms. The third kappa shape index (κ3) is 4.23. The van der Waals surface area contributed by atoms with Gasteiger partial charge < -0.3 is 15.4 Å². The number of anilines is 1. The number of amides is 1. The zero-order valence-corrected chi connectivity index (χ0v) is 13.0. The van der Waals surface area contributed by atoms with Crippen molar-refractivity contribution in [2.24, 2.45) is 0 Å². The van der Waals surface area contributed by atoms with Crippen LogP contribution in [0.1, 0.15) is 42.6 Å².